The Kier molecular flexibility index (Phi) is 12.4. The highest BCUT2D eigenvalue weighted by Gasteiger charge is 2.31. The molecule has 1 saturated heterocycles. The zero-order valence-corrected chi connectivity index (χ0v) is 19.8. The van der Waals surface area contributed by atoms with Gasteiger partial charge in [0.2, 0.25) is 0 Å². The van der Waals surface area contributed by atoms with Gasteiger partial charge in [-0.3, -0.25) is 0 Å². The van der Waals surface area contributed by atoms with Crippen LogP contribution in [0.5, 0.6) is 5.75 Å². The number of ether oxygens (including phenoxy) is 2. The average Bonchev–Trinajstić information content (AvgIpc) is 2.69. The number of benzene rings is 1. The zero-order valence-electron chi connectivity index (χ0n) is 17.5. The van der Waals surface area contributed by atoms with Gasteiger partial charge >= 0.3 is 6.36 Å². The van der Waals surface area contributed by atoms with Gasteiger partial charge in [-0.2, -0.15) is 0 Å². The van der Waals surface area contributed by atoms with Crippen LogP contribution in [-0.2, 0) is 11.3 Å². The maximum absolute atomic E-state index is 12.6. The molecule has 2 N–H and O–H groups in total. The van der Waals surface area contributed by atoms with Gasteiger partial charge in [0.05, 0.1) is 13.2 Å². The van der Waals surface area contributed by atoms with Gasteiger partial charge in [0.1, 0.15) is 5.75 Å². The van der Waals surface area contributed by atoms with E-state index in [0.717, 1.165) is 45.6 Å². The smallest absolute Gasteiger partial charge is 0.405 e. The molecule has 0 unspecified atom stereocenters. The van der Waals surface area contributed by atoms with E-state index < -0.39 is 6.36 Å². The molecule has 0 radical (unpaired) electrons. The Balaban J connectivity index is 0.00000450. The van der Waals surface area contributed by atoms with Crippen LogP contribution in [0.25, 0.3) is 0 Å². The first-order chi connectivity index (χ1) is 13.9. The van der Waals surface area contributed by atoms with Crippen LogP contribution in [0.3, 0.4) is 0 Å². The molecule has 0 aliphatic carbocycles. The summed E-state index contributed by atoms with van der Waals surface area (Å²) in [6, 6.07) is 6.07. The van der Waals surface area contributed by atoms with Gasteiger partial charge in [0.15, 0.2) is 5.96 Å². The second-order valence-electron chi connectivity index (χ2n) is 7.01. The second kappa shape index (κ2) is 13.9. The van der Waals surface area contributed by atoms with Gasteiger partial charge in [0.25, 0.3) is 0 Å². The minimum Gasteiger partial charge on any atom is -0.405 e. The fourth-order valence-corrected chi connectivity index (χ4v) is 3.24. The first kappa shape index (κ1) is 26.8. The number of piperidine rings is 1. The standard InChI is InChI=1S/C20H31F3N4O2.HI/c1-3-24-19(25-14-16-8-10-27(11-9-16)12-13-28-2)26-15-17-6-4-5-7-18(17)29-20(21,22)23;/h4-7,16H,3,8-15H2,1-2H3,(H2,24,25,26);1H. The van der Waals surface area contributed by atoms with E-state index in [2.05, 4.69) is 25.3 Å². The Morgan fingerprint density at radius 2 is 1.90 bits per heavy atom. The van der Waals surface area contributed by atoms with Crippen molar-refractivity contribution >= 4 is 29.9 Å². The summed E-state index contributed by atoms with van der Waals surface area (Å²) in [5.74, 6) is 0.914. The Labute approximate surface area is 193 Å². The molecule has 6 nitrogen and oxygen atoms in total. The highest BCUT2D eigenvalue weighted by Crippen LogP contribution is 2.26. The molecule has 0 saturated carbocycles. The number of hydrogen-bond acceptors (Lipinski definition) is 4. The Hall–Kier alpha value is -1.27. The van der Waals surface area contributed by atoms with Crippen LogP contribution in [-0.4, -0.2) is 63.7 Å². The van der Waals surface area contributed by atoms with E-state index in [4.69, 9.17) is 4.74 Å². The van der Waals surface area contributed by atoms with E-state index in [-0.39, 0.29) is 36.3 Å². The third-order valence-corrected chi connectivity index (χ3v) is 4.83. The molecule has 172 valence electrons. The van der Waals surface area contributed by atoms with E-state index in [1.807, 2.05) is 6.92 Å². The van der Waals surface area contributed by atoms with Crippen LogP contribution in [0.4, 0.5) is 13.2 Å². The molecule has 1 aromatic carbocycles. The van der Waals surface area contributed by atoms with E-state index in [9.17, 15) is 13.2 Å². The summed E-state index contributed by atoms with van der Waals surface area (Å²) in [5, 5.41) is 6.46. The Bertz CT molecular complexity index is 639. The molecule has 1 aliphatic rings. The third-order valence-electron chi connectivity index (χ3n) is 4.83. The molecule has 2 rings (SSSR count). The minimum absolute atomic E-state index is 0. The number of nitrogens with zero attached hydrogens (tertiary/aromatic N) is 2. The highest BCUT2D eigenvalue weighted by molar-refractivity contribution is 14.0. The van der Waals surface area contributed by atoms with Crippen LogP contribution < -0.4 is 15.4 Å². The molecule has 1 aromatic rings. The first-order valence-electron chi connectivity index (χ1n) is 9.98. The number of rotatable bonds is 9. The monoisotopic (exact) mass is 544 g/mol. The van der Waals surface area contributed by atoms with Crippen molar-refractivity contribution in [1.82, 2.24) is 15.5 Å². The van der Waals surface area contributed by atoms with Crippen molar-refractivity contribution in [3.05, 3.63) is 29.8 Å². The van der Waals surface area contributed by atoms with Gasteiger partial charge in [0, 0.05) is 32.3 Å². The number of alkyl halides is 3. The molecule has 0 aromatic heterocycles. The van der Waals surface area contributed by atoms with E-state index in [1.54, 1.807) is 19.2 Å². The lowest BCUT2D eigenvalue weighted by molar-refractivity contribution is -0.274. The van der Waals surface area contributed by atoms with Gasteiger partial charge < -0.3 is 25.0 Å². The summed E-state index contributed by atoms with van der Waals surface area (Å²) in [4.78, 5) is 6.83. The van der Waals surface area contributed by atoms with Crippen molar-refractivity contribution in [2.24, 2.45) is 10.9 Å². The van der Waals surface area contributed by atoms with Crippen molar-refractivity contribution in [2.75, 3.05) is 46.4 Å². The van der Waals surface area contributed by atoms with Crippen molar-refractivity contribution in [2.45, 2.75) is 32.7 Å². The number of guanidine groups is 1. The van der Waals surface area contributed by atoms with Crippen LogP contribution in [0, 0.1) is 5.92 Å². The van der Waals surface area contributed by atoms with Crippen LogP contribution in [0.2, 0.25) is 0 Å². The van der Waals surface area contributed by atoms with Gasteiger partial charge in [-0.15, -0.1) is 37.1 Å². The molecular weight excluding hydrogens is 512 g/mol. The maximum Gasteiger partial charge on any atom is 0.573 e. The van der Waals surface area contributed by atoms with Crippen molar-refractivity contribution in [1.29, 1.82) is 0 Å². The average molecular weight is 544 g/mol. The Morgan fingerprint density at radius 1 is 1.20 bits per heavy atom. The van der Waals surface area contributed by atoms with Crippen molar-refractivity contribution in [3.63, 3.8) is 0 Å². The molecule has 1 fully saturated rings. The molecular formula is C20H32F3IN4O2. The largest absolute Gasteiger partial charge is 0.573 e. The lowest BCUT2D eigenvalue weighted by atomic mass is 9.97. The lowest BCUT2D eigenvalue weighted by Gasteiger charge is -2.32. The molecule has 0 amide bonds. The molecule has 0 spiro atoms. The Morgan fingerprint density at radius 3 is 2.53 bits per heavy atom. The van der Waals surface area contributed by atoms with E-state index in [1.165, 1.54) is 12.1 Å². The normalized spacial score (nSPS) is 16.1. The maximum atomic E-state index is 12.6. The number of aliphatic imine (C=N–C) groups is 1. The summed E-state index contributed by atoms with van der Waals surface area (Å²) in [6.45, 7) is 7.30. The predicted molar refractivity (Wildman–Crippen MR) is 122 cm³/mol. The van der Waals surface area contributed by atoms with Crippen molar-refractivity contribution in [3.8, 4) is 5.75 Å². The number of hydrogen-bond donors (Lipinski definition) is 2. The van der Waals surface area contributed by atoms with E-state index in [0.29, 0.717) is 24.0 Å². The number of para-hydroxylation sites is 1. The SMILES string of the molecule is CCNC(=NCc1ccccc1OC(F)(F)F)NCC1CCN(CCOC)CC1.I. The second-order valence-corrected chi connectivity index (χ2v) is 7.01. The van der Waals surface area contributed by atoms with Crippen LogP contribution in [0.15, 0.2) is 29.3 Å². The molecule has 30 heavy (non-hydrogen) atoms. The number of halogens is 4. The summed E-state index contributed by atoms with van der Waals surface area (Å²) in [5.41, 5.74) is 0.383. The topological polar surface area (TPSA) is 58.1 Å². The zero-order chi connectivity index (χ0) is 21.1. The van der Waals surface area contributed by atoms with Gasteiger partial charge in [-0.1, -0.05) is 18.2 Å². The number of methoxy groups -OCH3 is 1. The van der Waals surface area contributed by atoms with Crippen LogP contribution >= 0.6 is 24.0 Å². The molecule has 10 heteroatoms. The van der Waals surface area contributed by atoms with Crippen LogP contribution in [0.1, 0.15) is 25.3 Å². The number of likely N-dealkylation sites (tertiary alicyclic amines) is 1. The van der Waals surface area contributed by atoms with Gasteiger partial charge in [-0.05, 0) is 44.8 Å². The predicted octanol–water partition coefficient (Wildman–Crippen LogP) is 3.62. The quantitative estimate of drug-likeness (QED) is 0.283. The fraction of sp³-hybridized carbons (Fsp3) is 0.650. The lowest BCUT2D eigenvalue weighted by Crippen LogP contribution is -2.43. The molecule has 0 atom stereocenters. The molecule has 0 bridgehead atoms. The summed E-state index contributed by atoms with van der Waals surface area (Å²) in [7, 11) is 1.71. The molecule has 1 heterocycles. The summed E-state index contributed by atoms with van der Waals surface area (Å²) >= 11 is 0. The number of nitrogens with one attached hydrogen (secondary N) is 2. The summed E-state index contributed by atoms with van der Waals surface area (Å²) in [6.07, 6.45) is -2.53. The fourth-order valence-electron chi connectivity index (χ4n) is 3.24. The molecule has 1 aliphatic heterocycles. The highest BCUT2D eigenvalue weighted by atomic mass is 127. The van der Waals surface area contributed by atoms with Gasteiger partial charge in [-0.25, -0.2) is 4.99 Å². The minimum atomic E-state index is -4.72. The van der Waals surface area contributed by atoms with E-state index >= 15 is 0 Å². The van der Waals surface area contributed by atoms with Crippen molar-refractivity contribution < 1.29 is 22.6 Å². The first-order valence-corrected chi connectivity index (χ1v) is 9.98. The third kappa shape index (κ3) is 10.2. The summed E-state index contributed by atoms with van der Waals surface area (Å²) < 4.78 is 46.9.